The smallest absolute Gasteiger partial charge is 0.259 e. The second-order valence-electron chi connectivity index (χ2n) is 6.50. The van der Waals surface area contributed by atoms with Crippen LogP contribution < -0.4 is 11.1 Å². The van der Waals surface area contributed by atoms with Gasteiger partial charge in [0.15, 0.2) is 0 Å². The number of benzene rings is 2. The second kappa shape index (κ2) is 8.63. The number of nitrogens with one attached hydrogen (secondary N) is 1. The van der Waals surface area contributed by atoms with Crippen LogP contribution in [0.4, 0.5) is 5.88 Å². The molecule has 0 aliphatic rings. The molecule has 0 bridgehead atoms. The minimum absolute atomic E-state index is 0.00791. The molecule has 5 nitrogen and oxygen atoms in total. The van der Waals surface area contributed by atoms with E-state index < -0.39 is 0 Å². The van der Waals surface area contributed by atoms with Gasteiger partial charge in [0.1, 0.15) is 11.3 Å². The lowest BCUT2D eigenvalue weighted by Crippen LogP contribution is -2.30. The third-order valence-electron chi connectivity index (χ3n) is 4.54. The summed E-state index contributed by atoms with van der Waals surface area (Å²) in [5.41, 5.74) is 8.80. The van der Waals surface area contributed by atoms with Crippen molar-refractivity contribution in [3.8, 4) is 10.6 Å². The van der Waals surface area contributed by atoms with Gasteiger partial charge in [0.05, 0.1) is 14.7 Å². The predicted octanol–water partition coefficient (Wildman–Crippen LogP) is 5.46. The summed E-state index contributed by atoms with van der Waals surface area (Å²) in [6.07, 6.45) is 0.654. The second-order valence-corrected chi connectivity index (χ2v) is 8.96. The predicted molar refractivity (Wildman–Crippen MR) is 119 cm³/mol. The highest BCUT2D eigenvalue weighted by molar-refractivity contribution is 9.11. The molecule has 146 valence electrons. The third kappa shape index (κ3) is 4.41. The maximum absolute atomic E-state index is 13.2. The average molecular weight is 468 g/mol. The minimum atomic E-state index is -0.312. The summed E-state index contributed by atoms with van der Waals surface area (Å²) in [5.74, 6) is -0.304. The number of halogens is 1. The van der Waals surface area contributed by atoms with Crippen LogP contribution in [-0.4, -0.2) is 11.1 Å². The Morgan fingerprint density at radius 2 is 1.76 bits per heavy atom. The highest BCUT2D eigenvalue weighted by atomic mass is 79.9. The first kappa shape index (κ1) is 19.4. The van der Waals surface area contributed by atoms with E-state index in [1.54, 1.807) is 0 Å². The number of aromatic nitrogens is 1. The Hall–Kier alpha value is -2.90. The van der Waals surface area contributed by atoms with Gasteiger partial charge in [0.2, 0.25) is 5.88 Å². The van der Waals surface area contributed by atoms with E-state index in [2.05, 4.69) is 26.4 Å². The molecule has 4 aromatic rings. The average Bonchev–Trinajstić information content (AvgIpc) is 3.34. The van der Waals surface area contributed by atoms with Gasteiger partial charge >= 0.3 is 0 Å². The number of amides is 1. The van der Waals surface area contributed by atoms with E-state index in [1.165, 1.54) is 11.3 Å². The molecule has 1 amide bonds. The van der Waals surface area contributed by atoms with Gasteiger partial charge in [-0.25, -0.2) is 0 Å². The van der Waals surface area contributed by atoms with Crippen LogP contribution in [0.25, 0.3) is 10.6 Å². The Morgan fingerprint density at radius 1 is 1.07 bits per heavy atom. The van der Waals surface area contributed by atoms with Crippen LogP contribution in [0.3, 0.4) is 0 Å². The van der Waals surface area contributed by atoms with Crippen molar-refractivity contribution in [2.45, 2.75) is 12.5 Å². The molecule has 3 N–H and O–H groups in total. The fourth-order valence-corrected chi connectivity index (χ4v) is 4.52. The van der Waals surface area contributed by atoms with Crippen LogP contribution in [-0.2, 0) is 6.42 Å². The highest BCUT2D eigenvalue weighted by Gasteiger charge is 2.26. The van der Waals surface area contributed by atoms with Crippen molar-refractivity contribution < 1.29 is 9.32 Å². The molecule has 2 aromatic carbocycles. The molecule has 0 aliphatic heterocycles. The molecule has 1 atom stereocenters. The number of nitrogens with zero attached hydrogens (tertiary/aromatic N) is 1. The molecule has 0 radical (unpaired) electrons. The van der Waals surface area contributed by atoms with E-state index >= 15 is 0 Å². The van der Waals surface area contributed by atoms with E-state index in [0.29, 0.717) is 12.1 Å². The van der Waals surface area contributed by atoms with Crippen LogP contribution in [0.15, 0.2) is 81.1 Å². The topological polar surface area (TPSA) is 81.2 Å². The van der Waals surface area contributed by atoms with Crippen molar-refractivity contribution in [2.75, 3.05) is 5.73 Å². The molecular formula is C22H18BrN3O2S. The van der Waals surface area contributed by atoms with Crippen LogP contribution >= 0.6 is 27.3 Å². The van der Waals surface area contributed by atoms with Crippen LogP contribution in [0.1, 0.15) is 27.5 Å². The Bertz CT molecular complexity index is 1110. The van der Waals surface area contributed by atoms with Gasteiger partial charge < -0.3 is 15.6 Å². The molecule has 2 heterocycles. The number of rotatable bonds is 6. The van der Waals surface area contributed by atoms with Crippen molar-refractivity contribution in [2.24, 2.45) is 0 Å². The first-order valence-corrected chi connectivity index (χ1v) is 10.6. The molecule has 7 heteroatoms. The van der Waals surface area contributed by atoms with Crippen LogP contribution in [0, 0.1) is 0 Å². The molecule has 0 fully saturated rings. The maximum Gasteiger partial charge on any atom is 0.259 e. The zero-order valence-corrected chi connectivity index (χ0v) is 17.7. The van der Waals surface area contributed by atoms with Gasteiger partial charge in [-0.05, 0) is 45.6 Å². The Morgan fingerprint density at radius 3 is 2.41 bits per heavy atom. The van der Waals surface area contributed by atoms with Gasteiger partial charge in [0, 0.05) is 0 Å². The molecule has 4 rings (SSSR count). The number of hydrogen-bond acceptors (Lipinski definition) is 5. The molecule has 0 saturated carbocycles. The van der Waals surface area contributed by atoms with Gasteiger partial charge in [-0.15, -0.1) is 11.3 Å². The summed E-state index contributed by atoms with van der Waals surface area (Å²) in [5, 5.41) is 7.13. The van der Waals surface area contributed by atoms with Gasteiger partial charge in [-0.2, -0.15) is 0 Å². The number of nitrogen functional groups attached to an aromatic ring is 1. The minimum Gasteiger partial charge on any atom is -0.367 e. The molecule has 2 aromatic heterocycles. The molecule has 1 unspecified atom stereocenters. The maximum atomic E-state index is 13.2. The normalized spacial score (nSPS) is 11.9. The molecule has 0 aliphatic carbocycles. The van der Waals surface area contributed by atoms with Gasteiger partial charge in [-0.3, -0.25) is 4.79 Å². The van der Waals surface area contributed by atoms with Gasteiger partial charge in [0.25, 0.3) is 5.91 Å². The van der Waals surface area contributed by atoms with E-state index in [1.807, 2.05) is 72.8 Å². The van der Waals surface area contributed by atoms with Crippen molar-refractivity contribution in [3.05, 3.63) is 93.3 Å². The summed E-state index contributed by atoms with van der Waals surface area (Å²) in [4.78, 5) is 14.0. The SMILES string of the molecule is Nc1onc(-c2ccc(Br)s2)c1C(=O)NC(Cc1ccccc1)c1ccccc1. The van der Waals surface area contributed by atoms with Gasteiger partial charge in [-0.1, -0.05) is 65.8 Å². The number of anilines is 1. The zero-order valence-electron chi connectivity index (χ0n) is 15.3. The van der Waals surface area contributed by atoms with Crippen molar-refractivity contribution in [1.82, 2.24) is 10.5 Å². The molecule has 0 spiro atoms. The third-order valence-corrected chi connectivity index (χ3v) is 6.17. The summed E-state index contributed by atoms with van der Waals surface area (Å²) >= 11 is 4.90. The number of hydrogen-bond donors (Lipinski definition) is 2. The monoisotopic (exact) mass is 467 g/mol. The lowest BCUT2D eigenvalue weighted by atomic mass is 9.98. The Labute approximate surface area is 180 Å². The fourth-order valence-electron chi connectivity index (χ4n) is 3.15. The fraction of sp³-hybridized carbons (Fsp3) is 0.0909. The number of thiophene rings is 1. The molecule has 0 saturated heterocycles. The number of carbonyl (C=O) groups is 1. The Kier molecular flexibility index (Phi) is 5.78. The van der Waals surface area contributed by atoms with E-state index in [0.717, 1.165) is 19.8 Å². The molecule has 29 heavy (non-hydrogen) atoms. The van der Waals surface area contributed by atoms with E-state index in [9.17, 15) is 4.79 Å². The summed E-state index contributed by atoms with van der Waals surface area (Å²) < 4.78 is 6.08. The lowest BCUT2D eigenvalue weighted by Gasteiger charge is -2.19. The van der Waals surface area contributed by atoms with E-state index in [4.69, 9.17) is 10.3 Å². The van der Waals surface area contributed by atoms with Crippen LogP contribution in [0.2, 0.25) is 0 Å². The standard InChI is InChI=1S/C22H18BrN3O2S/c23-18-12-11-17(29-18)20-19(21(24)28-26-20)22(27)25-16(15-9-5-2-6-10-15)13-14-7-3-1-4-8-14/h1-12,16H,13,24H2,(H,25,27). The summed E-state index contributed by atoms with van der Waals surface area (Å²) in [6, 6.07) is 23.5. The quantitative estimate of drug-likeness (QED) is 0.394. The van der Waals surface area contributed by atoms with E-state index in [-0.39, 0.29) is 23.4 Å². The van der Waals surface area contributed by atoms with Crippen molar-refractivity contribution in [1.29, 1.82) is 0 Å². The highest BCUT2D eigenvalue weighted by Crippen LogP contribution is 2.35. The summed E-state index contributed by atoms with van der Waals surface area (Å²) in [7, 11) is 0. The Balaban J connectivity index is 1.65. The molecular weight excluding hydrogens is 450 g/mol. The van der Waals surface area contributed by atoms with Crippen molar-refractivity contribution >= 4 is 39.1 Å². The lowest BCUT2D eigenvalue weighted by molar-refractivity contribution is 0.0937. The van der Waals surface area contributed by atoms with Crippen LogP contribution in [0.5, 0.6) is 0 Å². The number of nitrogens with two attached hydrogens (primary N) is 1. The first-order chi connectivity index (χ1) is 14.1. The first-order valence-electron chi connectivity index (χ1n) is 9.02. The van der Waals surface area contributed by atoms with Crippen molar-refractivity contribution in [3.63, 3.8) is 0 Å². The zero-order chi connectivity index (χ0) is 20.2. The largest absolute Gasteiger partial charge is 0.367 e. The number of carbonyl (C=O) groups excluding carboxylic acids is 1. The summed E-state index contributed by atoms with van der Waals surface area (Å²) in [6.45, 7) is 0.